The van der Waals surface area contributed by atoms with Crippen molar-refractivity contribution in [3.05, 3.63) is 65.5 Å². The zero-order chi connectivity index (χ0) is 19.2. The predicted molar refractivity (Wildman–Crippen MR) is 104 cm³/mol. The number of aryl methyl sites for hydroxylation is 1. The molecule has 0 atom stereocenters. The highest BCUT2D eigenvalue weighted by Crippen LogP contribution is 2.30. The molecule has 1 fully saturated rings. The lowest BCUT2D eigenvalue weighted by Gasteiger charge is -2.27. The van der Waals surface area contributed by atoms with Crippen molar-refractivity contribution < 1.29 is 14.0 Å². The Labute approximate surface area is 159 Å². The Morgan fingerprint density at radius 1 is 0.926 bits per heavy atom. The second-order valence-corrected chi connectivity index (χ2v) is 7.20. The van der Waals surface area contributed by atoms with Gasteiger partial charge in [0, 0.05) is 24.1 Å². The highest BCUT2D eigenvalue weighted by atomic mass is 19.1. The van der Waals surface area contributed by atoms with Crippen LogP contribution in [0.3, 0.4) is 0 Å². The lowest BCUT2D eigenvalue weighted by molar-refractivity contribution is -0.128. The first-order valence-electron chi connectivity index (χ1n) is 9.41. The van der Waals surface area contributed by atoms with Crippen molar-refractivity contribution in [1.29, 1.82) is 0 Å². The van der Waals surface area contributed by atoms with Gasteiger partial charge in [-0.15, -0.1) is 0 Å². The lowest BCUT2D eigenvalue weighted by Crippen LogP contribution is -2.35. The molecular formula is C22H25FN2O2. The maximum absolute atomic E-state index is 12.9. The molecule has 0 unspecified atom stereocenters. The Kier molecular flexibility index (Phi) is 6.22. The van der Waals surface area contributed by atoms with E-state index < -0.39 is 0 Å². The molecule has 0 heterocycles. The molecule has 0 spiro atoms. The van der Waals surface area contributed by atoms with Gasteiger partial charge in [0.25, 0.3) is 0 Å². The van der Waals surface area contributed by atoms with Crippen LogP contribution in [0.25, 0.3) is 0 Å². The van der Waals surface area contributed by atoms with Gasteiger partial charge in [0.15, 0.2) is 0 Å². The van der Waals surface area contributed by atoms with Gasteiger partial charge in [-0.05, 0) is 61.9 Å². The SMILES string of the molecule is Cc1ccccc1NC(=O)C1CCC(C(=O)NCc2ccc(F)cc2)CC1. The summed E-state index contributed by atoms with van der Waals surface area (Å²) in [6, 6.07) is 13.8. The number of carbonyl (C=O) groups excluding carboxylic acids is 2. The first-order chi connectivity index (χ1) is 13.0. The van der Waals surface area contributed by atoms with E-state index in [0.717, 1.165) is 16.8 Å². The van der Waals surface area contributed by atoms with Crippen molar-refractivity contribution >= 4 is 17.5 Å². The first kappa shape index (κ1) is 19.1. The molecule has 0 saturated heterocycles. The van der Waals surface area contributed by atoms with E-state index in [4.69, 9.17) is 0 Å². The molecule has 1 aliphatic carbocycles. The highest BCUT2D eigenvalue weighted by molar-refractivity contribution is 5.93. The molecule has 3 rings (SSSR count). The molecule has 0 bridgehead atoms. The van der Waals surface area contributed by atoms with Crippen LogP contribution in [0.4, 0.5) is 10.1 Å². The summed E-state index contributed by atoms with van der Waals surface area (Å²) in [7, 11) is 0. The third-order valence-corrected chi connectivity index (χ3v) is 5.25. The number of carbonyl (C=O) groups is 2. The van der Waals surface area contributed by atoms with Crippen LogP contribution in [-0.4, -0.2) is 11.8 Å². The minimum atomic E-state index is -0.285. The maximum Gasteiger partial charge on any atom is 0.227 e. The molecule has 0 radical (unpaired) electrons. The molecule has 2 amide bonds. The molecule has 1 saturated carbocycles. The maximum atomic E-state index is 12.9. The average Bonchev–Trinajstić information content (AvgIpc) is 2.69. The summed E-state index contributed by atoms with van der Waals surface area (Å²) in [4.78, 5) is 24.9. The summed E-state index contributed by atoms with van der Waals surface area (Å²) in [6.45, 7) is 2.37. The van der Waals surface area contributed by atoms with E-state index in [1.807, 2.05) is 31.2 Å². The van der Waals surface area contributed by atoms with Crippen LogP contribution in [0.5, 0.6) is 0 Å². The summed E-state index contributed by atoms with van der Waals surface area (Å²) in [5, 5.41) is 5.92. The van der Waals surface area contributed by atoms with Gasteiger partial charge >= 0.3 is 0 Å². The molecule has 4 nitrogen and oxygen atoms in total. The Morgan fingerprint density at radius 3 is 2.15 bits per heavy atom. The Hall–Kier alpha value is -2.69. The largest absolute Gasteiger partial charge is 0.352 e. The van der Waals surface area contributed by atoms with Crippen molar-refractivity contribution in [2.75, 3.05) is 5.32 Å². The van der Waals surface area contributed by atoms with E-state index in [1.54, 1.807) is 12.1 Å². The number of nitrogens with one attached hydrogen (secondary N) is 2. The van der Waals surface area contributed by atoms with Crippen LogP contribution in [0.2, 0.25) is 0 Å². The summed E-state index contributed by atoms with van der Waals surface area (Å²) in [5.41, 5.74) is 2.76. The second-order valence-electron chi connectivity index (χ2n) is 7.20. The van der Waals surface area contributed by atoms with Gasteiger partial charge in [-0.25, -0.2) is 4.39 Å². The van der Waals surface area contributed by atoms with Crippen LogP contribution in [0, 0.1) is 24.6 Å². The van der Waals surface area contributed by atoms with Gasteiger partial charge in [0.05, 0.1) is 0 Å². The van der Waals surface area contributed by atoms with Gasteiger partial charge in [-0.2, -0.15) is 0 Å². The zero-order valence-corrected chi connectivity index (χ0v) is 15.5. The molecule has 1 aliphatic rings. The Morgan fingerprint density at radius 2 is 1.52 bits per heavy atom. The van der Waals surface area contributed by atoms with Gasteiger partial charge in [-0.3, -0.25) is 9.59 Å². The Bertz CT molecular complexity index is 796. The van der Waals surface area contributed by atoms with E-state index in [0.29, 0.717) is 32.2 Å². The summed E-state index contributed by atoms with van der Waals surface area (Å²) < 4.78 is 12.9. The molecule has 0 aliphatic heterocycles. The van der Waals surface area contributed by atoms with Crippen LogP contribution < -0.4 is 10.6 Å². The monoisotopic (exact) mass is 368 g/mol. The molecule has 2 aromatic rings. The first-order valence-corrected chi connectivity index (χ1v) is 9.41. The minimum absolute atomic E-state index is 0.0112. The van der Waals surface area contributed by atoms with Gasteiger partial charge < -0.3 is 10.6 Å². The number of halogens is 1. The van der Waals surface area contributed by atoms with Crippen LogP contribution >= 0.6 is 0 Å². The average molecular weight is 368 g/mol. The van der Waals surface area contributed by atoms with E-state index in [1.165, 1.54) is 12.1 Å². The minimum Gasteiger partial charge on any atom is -0.352 e. The van der Waals surface area contributed by atoms with Crippen LogP contribution in [-0.2, 0) is 16.1 Å². The number of hydrogen-bond donors (Lipinski definition) is 2. The normalized spacial score (nSPS) is 19.3. The lowest BCUT2D eigenvalue weighted by atomic mass is 9.81. The van der Waals surface area contributed by atoms with Crippen molar-refractivity contribution in [2.24, 2.45) is 11.8 Å². The quantitative estimate of drug-likeness (QED) is 0.831. The molecular weight excluding hydrogens is 343 g/mol. The fourth-order valence-electron chi connectivity index (χ4n) is 3.50. The number of anilines is 1. The number of para-hydroxylation sites is 1. The predicted octanol–water partition coefficient (Wildman–Crippen LogP) is 4.20. The van der Waals surface area contributed by atoms with E-state index in [-0.39, 0.29) is 29.5 Å². The molecule has 5 heteroatoms. The molecule has 2 aromatic carbocycles. The Balaban J connectivity index is 1.45. The van der Waals surface area contributed by atoms with E-state index >= 15 is 0 Å². The van der Waals surface area contributed by atoms with Gasteiger partial charge in [0.2, 0.25) is 11.8 Å². The number of amides is 2. The smallest absolute Gasteiger partial charge is 0.227 e. The van der Waals surface area contributed by atoms with E-state index in [9.17, 15) is 14.0 Å². The summed E-state index contributed by atoms with van der Waals surface area (Å²) in [5.74, 6) is -0.349. The topological polar surface area (TPSA) is 58.2 Å². The third-order valence-electron chi connectivity index (χ3n) is 5.25. The summed E-state index contributed by atoms with van der Waals surface area (Å²) >= 11 is 0. The highest BCUT2D eigenvalue weighted by Gasteiger charge is 2.30. The fraction of sp³-hybridized carbons (Fsp3) is 0.364. The zero-order valence-electron chi connectivity index (χ0n) is 15.5. The van der Waals surface area contributed by atoms with Crippen LogP contribution in [0.15, 0.2) is 48.5 Å². The number of hydrogen-bond acceptors (Lipinski definition) is 2. The number of rotatable bonds is 5. The fourth-order valence-corrected chi connectivity index (χ4v) is 3.50. The summed E-state index contributed by atoms with van der Waals surface area (Å²) in [6.07, 6.45) is 2.85. The molecule has 27 heavy (non-hydrogen) atoms. The molecule has 142 valence electrons. The van der Waals surface area contributed by atoms with Crippen molar-refractivity contribution in [3.8, 4) is 0 Å². The standard InChI is InChI=1S/C22H25FN2O2/c1-15-4-2-3-5-20(15)25-22(27)18-10-8-17(9-11-18)21(26)24-14-16-6-12-19(23)13-7-16/h2-7,12-13,17-18H,8-11,14H2,1H3,(H,24,26)(H,25,27). The van der Waals surface area contributed by atoms with Gasteiger partial charge in [0.1, 0.15) is 5.82 Å². The third kappa shape index (κ3) is 5.16. The van der Waals surface area contributed by atoms with Crippen molar-refractivity contribution in [2.45, 2.75) is 39.2 Å². The van der Waals surface area contributed by atoms with Crippen LogP contribution in [0.1, 0.15) is 36.8 Å². The van der Waals surface area contributed by atoms with E-state index in [2.05, 4.69) is 10.6 Å². The molecule has 2 N–H and O–H groups in total. The van der Waals surface area contributed by atoms with Gasteiger partial charge in [-0.1, -0.05) is 30.3 Å². The second kappa shape index (κ2) is 8.80. The van der Waals surface area contributed by atoms with Crippen molar-refractivity contribution in [1.82, 2.24) is 5.32 Å². The molecule has 0 aromatic heterocycles. The van der Waals surface area contributed by atoms with Crippen molar-refractivity contribution in [3.63, 3.8) is 0 Å². The number of benzene rings is 2.